The molecular weight excluding hydrogens is 386 g/mol. The van der Waals surface area contributed by atoms with Gasteiger partial charge in [0.05, 0.1) is 12.7 Å². The summed E-state index contributed by atoms with van der Waals surface area (Å²) < 4.78 is 89.9. The van der Waals surface area contributed by atoms with Crippen molar-refractivity contribution in [1.82, 2.24) is 4.98 Å². The molecule has 0 bridgehead atoms. The topological polar surface area (TPSA) is 83.7 Å². The van der Waals surface area contributed by atoms with Crippen LogP contribution in [0.1, 0.15) is 16.1 Å². The summed E-state index contributed by atoms with van der Waals surface area (Å²) in [6.07, 6.45) is -9.26. The molecule has 6 nitrogen and oxygen atoms in total. The third-order valence-electron chi connectivity index (χ3n) is 3.02. The van der Waals surface area contributed by atoms with Gasteiger partial charge in [-0.3, -0.25) is 4.79 Å². The first-order valence-electron chi connectivity index (χ1n) is 6.90. The second kappa shape index (κ2) is 7.21. The highest BCUT2D eigenvalue weighted by Crippen LogP contribution is 2.42. The average molecular weight is 396 g/mol. The molecule has 0 fully saturated rings. The molecule has 0 atom stereocenters. The van der Waals surface area contributed by atoms with Gasteiger partial charge in [-0.1, -0.05) is 0 Å². The Bertz CT molecular complexity index is 851. The van der Waals surface area contributed by atoms with E-state index >= 15 is 0 Å². The van der Waals surface area contributed by atoms with Gasteiger partial charge in [0.15, 0.2) is 22.9 Å². The maximum atomic E-state index is 13.2. The molecule has 27 heavy (non-hydrogen) atoms. The number of amides is 1. The van der Waals surface area contributed by atoms with Gasteiger partial charge in [-0.15, -0.1) is 13.2 Å². The van der Waals surface area contributed by atoms with E-state index in [0.29, 0.717) is 6.20 Å². The molecule has 1 aromatic heterocycles. The largest absolute Gasteiger partial charge is 0.573 e. The van der Waals surface area contributed by atoms with Crippen LogP contribution in [0.2, 0.25) is 0 Å². The smallest absolute Gasteiger partial charge is 0.493 e. The number of nitrogens with two attached hydrogens (primary N) is 1. The van der Waals surface area contributed by atoms with E-state index in [-0.39, 0.29) is 5.75 Å². The zero-order valence-corrected chi connectivity index (χ0v) is 13.3. The lowest BCUT2D eigenvalue weighted by Gasteiger charge is -2.17. The van der Waals surface area contributed by atoms with E-state index in [1.165, 1.54) is 0 Å². The number of halogens is 6. The Kier molecular flexibility index (Phi) is 5.38. The van der Waals surface area contributed by atoms with Gasteiger partial charge in [-0.25, -0.2) is 4.98 Å². The molecule has 1 heterocycles. The van der Waals surface area contributed by atoms with Crippen molar-refractivity contribution in [2.75, 3.05) is 7.11 Å². The molecule has 0 unspecified atom stereocenters. The lowest BCUT2D eigenvalue weighted by molar-refractivity contribution is -0.274. The van der Waals surface area contributed by atoms with E-state index < -0.39 is 47.0 Å². The standard InChI is InChI=1S/C15H10F6N2O4/c1-25-10-6-7(27-15(19,20)21)2-3-9(10)26-11-8(13(22)24)4-5-23-12(11)14(16,17)18/h2-6H,1H3,(H2,22,24). The first kappa shape index (κ1) is 20.1. The number of benzene rings is 1. The highest BCUT2D eigenvalue weighted by atomic mass is 19.4. The molecule has 2 aromatic rings. The van der Waals surface area contributed by atoms with Gasteiger partial charge in [-0.05, 0) is 18.2 Å². The minimum atomic E-state index is -4.99. The van der Waals surface area contributed by atoms with Gasteiger partial charge in [0.25, 0.3) is 5.91 Å². The Labute approximate surface area is 147 Å². The molecule has 1 aromatic carbocycles. The minimum absolute atomic E-state index is 0.385. The Hall–Kier alpha value is -3.18. The number of ether oxygens (including phenoxy) is 3. The lowest BCUT2D eigenvalue weighted by atomic mass is 10.1. The number of hydrogen-bond donors (Lipinski definition) is 1. The molecule has 0 saturated carbocycles. The van der Waals surface area contributed by atoms with Crippen LogP contribution in [0.4, 0.5) is 26.3 Å². The molecule has 0 aliphatic heterocycles. The average Bonchev–Trinajstić information content (AvgIpc) is 2.53. The Morgan fingerprint density at radius 2 is 1.74 bits per heavy atom. The molecule has 0 radical (unpaired) electrons. The Morgan fingerprint density at radius 3 is 2.26 bits per heavy atom. The van der Waals surface area contributed by atoms with Crippen LogP contribution in [-0.2, 0) is 6.18 Å². The molecule has 1 amide bonds. The van der Waals surface area contributed by atoms with Crippen molar-refractivity contribution in [1.29, 1.82) is 0 Å². The van der Waals surface area contributed by atoms with Gasteiger partial charge < -0.3 is 19.9 Å². The van der Waals surface area contributed by atoms with E-state index in [4.69, 9.17) is 15.2 Å². The zero-order chi connectivity index (χ0) is 20.4. The molecule has 0 aliphatic carbocycles. The second-order valence-corrected chi connectivity index (χ2v) is 4.86. The molecule has 12 heteroatoms. The summed E-state index contributed by atoms with van der Waals surface area (Å²) in [5.41, 5.74) is 2.88. The van der Waals surface area contributed by atoms with Crippen molar-refractivity contribution < 1.29 is 45.3 Å². The molecule has 0 saturated heterocycles. The number of carbonyl (C=O) groups is 1. The Balaban J connectivity index is 2.52. The number of carbonyl (C=O) groups excluding carboxylic acids is 1. The highest BCUT2D eigenvalue weighted by molar-refractivity contribution is 5.96. The molecular formula is C15H10F6N2O4. The molecule has 2 N–H and O–H groups in total. The summed E-state index contributed by atoms with van der Waals surface area (Å²) >= 11 is 0. The quantitative estimate of drug-likeness (QED) is 0.775. The number of pyridine rings is 1. The zero-order valence-electron chi connectivity index (χ0n) is 13.3. The number of methoxy groups -OCH3 is 1. The van der Waals surface area contributed by atoms with Crippen molar-refractivity contribution in [2.24, 2.45) is 5.73 Å². The summed E-state index contributed by atoms with van der Waals surface area (Å²) in [5, 5.41) is 0. The van der Waals surface area contributed by atoms with Gasteiger partial charge in [0, 0.05) is 12.3 Å². The van der Waals surface area contributed by atoms with Crippen molar-refractivity contribution in [2.45, 2.75) is 12.5 Å². The maximum Gasteiger partial charge on any atom is 0.573 e. The van der Waals surface area contributed by atoms with Crippen LogP contribution in [0.3, 0.4) is 0 Å². The molecule has 2 rings (SSSR count). The van der Waals surface area contributed by atoms with Crippen molar-refractivity contribution >= 4 is 5.91 Å². The fraction of sp³-hybridized carbons (Fsp3) is 0.200. The minimum Gasteiger partial charge on any atom is -0.493 e. The first-order valence-corrected chi connectivity index (χ1v) is 6.90. The van der Waals surface area contributed by atoms with Crippen LogP contribution in [0, 0.1) is 0 Å². The van der Waals surface area contributed by atoms with Crippen LogP contribution in [0.25, 0.3) is 0 Å². The summed E-state index contributed by atoms with van der Waals surface area (Å²) in [7, 11) is 1.04. The summed E-state index contributed by atoms with van der Waals surface area (Å²) in [5.74, 6) is -3.74. The molecule has 0 aliphatic rings. The monoisotopic (exact) mass is 396 g/mol. The summed E-state index contributed by atoms with van der Waals surface area (Å²) in [4.78, 5) is 14.6. The van der Waals surface area contributed by atoms with Crippen LogP contribution >= 0.6 is 0 Å². The van der Waals surface area contributed by atoms with Crippen LogP contribution < -0.4 is 19.9 Å². The summed E-state index contributed by atoms with van der Waals surface area (Å²) in [6.45, 7) is 0. The number of hydrogen-bond acceptors (Lipinski definition) is 5. The fourth-order valence-electron chi connectivity index (χ4n) is 1.99. The first-order chi connectivity index (χ1) is 12.4. The third-order valence-corrected chi connectivity index (χ3v) is 3.02. The normalized spacial score (nSPS) is 11.8. The van der Waals surface area contributed by atoms with Gasteiger partial charge >= 0.3 is 12.5 Å². The maximum absolute atomic E-state index is 13.2. The van der Waals surface area contributed by atoms with Crippen LogP contribution in [0.5, 0.6) is 23.0 Å². The van der Waals surface area contributed by atoms with Gasteiger partial charge in [0.2, 0.25) is 0 Å². The van der Waals surface area contributed by atoms with Crippen molar-refractivity contribution in [3.63, 3.8) is 0 Å². The lowest BCUT2D eigenvalue weighted by Crippen LogP contribution is -2.18. The third kappa shape index (κ3) is 4.92. The van der Waals surface area contributed by atoms with E-state index in [9.17, 15) is 31.1 Å². The predicted molar refractivity (Wildman–Crippen MR) is 77.5 cm³/mol. The number of aromatic nitrogens is 1. The van der Waals surface area contributed by atoms with Gasteiger partial charge in [-0.2, -0.15) is 13.2 Å². The second-order valence-electron chi connectivity index (χ2n) is 4.86. The fourth-order valence-corrected chi connectivity index (χ4v) is 1.99. The van der Waals surface area contributed by atoms with E-state index in [1.54, 1.807) is 0 Å². The van der Waals surface area contributed by atoms with E-state index in [2.05, 4.69) is 9.72 Å². The Morgan fingerprint density at radius 1 is 1.07 bits per heavy atom. The SMILES string of the molecule is COc1cc(OC(F)(F)F)ccc1Oc1c(C(N)=O)ccnc1C(F)(F)F. The molecule has 0 spiro atoms. The van der Waals surface area contributed by atoms with Crippen LogP contribution in [-0.4, -0.2) is 24.4 Å². The number of rotatable bonds is 5. The highest BCUT2D eigenvalue weighted by Gasteiger charge is 2.39. The number of alkyl halides is 6. The summed E-state index contributed by atoms with van der Waals surface area (Å²) in [6, 6.07) is 3.31. The van der Waals surface area contributed by atoms with E-state index in [1.807, 2.05) is 0 Å². The molecule has 146 valence electrons. The number of primary amides is 1. The van der Waals surface area contributed by atoms with Crippen molar-refractivity contribution in [3.05, 3.63) is 41.7 Å². The number of nitrogens with zero attached hydrogens (tertiary/aromatic N) is 1. The van der Waals surface area contributed by atoms with Gasteiger partial charge in [0.1, 0.15) is 5.75 Å². The predicted octanol–water partition coefficient (Wildman–Crippen LogP) is 3.90. The van der Waals surface area contributed by atoms with Crippen LogP contribution in [0.15, 0.2) is 30.5 Å². The van der Waals surface area contributed by atoms with Crippen molar-refractivity contribution in [3.8, 4) is 23.0 Å². The van der Waals surface area contributed by atoms with E-state index in [0.717, 1.165) is 31.4 Å².